The summed E-state index contributed by atoms with van der Waals surface area (Å²) in [6.45, 7) is 13.4. The first-order valence-corrected chi connectivity index (χ1v) is 9.38. The first-order valence-electron chi connectivity index (χ1n) is 9.38. The molecule has 0 aliphatic carbocycles. The summed E-state index contributed by atoms with van der Waals surface area (Å²) in [6.07, 6.45) is 4.31. The highest BCUT2D eigenvalue weighted by molar-refractivity contribution is 5.79. The number of rotatable bonds is 6. The van der Waals surface area contributed by atoms with Crippen LogP contribution in [0.5, 0.6) is 0 Å². The van der Waals surface area contributed by atoms with Crippen LogP contribution in [0.3, 0.4) is 0 Å². The van der Waals surface area contributed by atoms with E-state index < -0.39 is 0 Å². The Kier molecular flexibility index (Phi) is 5.76. The number of nitrogens with zero attached hydrogens (tertiary/aromatic N) is 5. The molecule has 0 aromatic carbocycles. The number of piperazine rings is 1. The van der Waals surface area contributed by atoms with Gasteiger partial charge in [-0.3, -0.25) is 9.69 Å². The zero-order valence-corrected chi connectivity index (χ0v) is 16.2. The number of hydrogen-bond acceptors (Lipinski definition) is 5. The molecule has 0 radical (unpaired) electrons. The van der Waals surface area contributed by atoms with Gasteiger partial charge in [0, 0.05) is 63.1 Å². The molecule has 0 spiro atoms. The summed E-state index contributed by atoms with van der Waals surface area (Å²) in [5.74, 6) is 2.48. The van der Waals surface area contributed by atoms with Gasteiger partial charge in [-0.1, -0.05) is 19.0 Å². The fourth-order valence-corrected chi connectivity index (χ4v) is 3.50. The third-order valence-electron chi connectivity index (χ3n) is 5.16. The predicted octanol–water partition coefficient (Wildman–Crippen LogP) is 2.00. The molecule has 0 N–H and O–H groups in total. The molecule has 1 amide bonds. The van der Waals surface area contributed by atoms with Gasteiger partial charge in [0.05, 0.1) is 12.1 Å². The van der Waals surface area contributed by atoms with E-state index in [-0.39, 0.29) is 5.91 Å². The highest BCUT2D eigenvalue weighted by atomic mass is 16.5. The Balaban J connectivity index is 1.47. The van der Waals surface area contributed by atoms with E-state index in [1.807, 2.05) is 24.9 Å². The molecule has 0 unspecified atom stereocenters. The minimum absolute atomic E-state index is 0.163. The second-order valence-corrected chi connectivity index (χ2v) is 7.34. The van der Waals surface area contributed by atoms with E-state index in [1.165, 1.54) is 0 Å². The smallest absolute Gasteiger partial charge is 0.227 e. The zero-order chi connectivity index (χ0) is 18.7. The minimum atomic E-state index is 0.163. The Morgan fingerprint density at radius 2 is 1.92 bits per heavy atom. The Hall–Kier alpha value is -2.15. The molecule has 7 nitrogen and oxygen atoms in total. The summed E-state index contributed by atoms with van der Waals surface area (Å²) in [7, 11) is 0. The predicted molar refractivity (Wildman–Crippen MR) is 99.0 cm³/mol. The third-order valence-corrected chi connectivity index (χ3v) is 5.16. The van der Waals surface area contributed by atoms with Crippen molar-refractivity contribution in [2.24, 2.45) is 0 Å². The highest BCUT2D eigenvalue weighted by Gasteiger charge is 2.23. The number of hydrogen-bond donors (Lipinski definition) is 0. The summed E-state index contributed by atoms with van der Waals surface area (Å²) < 4.78 is 7.39. The van der Waals surface area contributed by atoms with Crippen LogP contribution >= 0.6 is 0 Å². The molecule has 1 fully saturated rings. The summed E-state index contributed by atoms with van der Waals surface area (Å²) in [5, 5.41) is 3.93. The molecule has 1 saturated heterocycles. The van der Waals surface area contributed by atoms with Crippen LogP contribution in [0.15, 0.2) is 16.9 Å². The largest absolute Gasteiger partial charge is 0.361 e. The highest BCUT2D eigenvalue weighted by Crippen LogP contribution is 2.15. The molecule has 26 heavy (non-hydrogen) atoms. The van der Waals surface area contributed by atoms with Crippen LogP contribution < -0.4 is 0 Å². The van der Waals surface area contributed by atoms with Crippen LogP contribution in [0.1, 0.15) is 42.6 Å². The van der Waals surface area contributed by atoms with E-state index in [2.05, 4.69) is 39.7 Å². The van der Waals surface area contributed by atoms with Gasteiger partial charge in [-0.25, -0.2) is 4.98 Å². The van der Waals surface area contributed by atoms with Gasteiger partial charge < -0.3 is 14.0 Å². The Bertz CT molecular complexity index is 721. The summed E-state index contributed by atoms with van der Waals surface area (Å²) in [4.78, 5) is 21.4. The minimum Gasteiger partial charge on any atom is -0.361 e. The maximum Gasteiger partial charge on any atom is 0.227 e. The van der Waals surface area contributed by atoms with Gasteiger partial charge in [0.15, 0.2) is 0 Å². The molecule has 2 aromatic heterocycles. The van der Waals surface area contributed by atoms with Crippen molar-refractivity contribution in [1.82, 2.24) is 24.5 Å². The van der Waals surface area contributed by atoms with Gasteiger partial charge in [-0.2, -0.15) is 0 Å². The van der Waals surface area contributed by atoms with E-state index in [9.17, 15) is 4.79 Å². The molecule has 1 aliphatic rings. The van der Waals surface area contributed by atoms with E-state index in [0.29, 0.717) is 12.3 Å². The van der Waals surface area contributed by atoms with Gasteiger partial charge >= 0.3 is 0 Å². The number of amides is 1. The van der Waals surface area contributed by atoms with Crippen molar-refractivity contribution in [2.75, 3.05) is 32.7 Å². The zero-order valence-electron chi connectivity index (χ0n) is 16.2. The summed E-state index contributed by atoms with van der Waals surface area (Å²) in [6, 6.07) is 0. The standard InChI is InChI=1S/C19H29N5O2/c1-14(2)19-20-5-6-24(19)12-9-22-7-10-23(11-8-22)18(25)13-17-15(3)21-26-16(17)4/h5-6,14H,7-13H2,1-4H3. The van der Waals surface area contributed by atoms with Gasteiger partial charge in [0.2, 0.25) is 5.91 Å². The lowest BCUT2D eigenvalue weighted by Crippen LogP contribution is -2.49. The molecule has 3 rings (SSSR count). The van der Waals surface area contributed by atoms with Crippen molar-refractivity contribution in [2.45, 2.75) is 46.6 Å². The maximum absolute atomic E-state index is 12.6. The number of carbonyl (C=O) groups is 1. The van der Waals surface area contributed by atoms with Crippen LogP contribution in [0.25, 0.3) is 0 Å². The lowest BCUT2D eigenvalue weighted by molar-refractivity contribution is -0.132. The van der Waals surface area contributed by atoms with Crippen molar-refractivity contribution in [1.29, 1.82) is 0 Å². The van der Waals surface area contributed by atoms with Gasteiger partial charge in [-0.15, -0.1) is 0 Å². The maximum atomic E-state index is 12.6. The van der Waals surface area contributed by atoms with Gasteiger partial charge in [-0.05, 0) is 13.8 Å². The van der Waals surface area contributed by atoms with Crippen molar-refractivity contribution >= 4 is 5.91 Å². The van der Waals surface area contributed by atoms with Crippen molar-refractivity contribution < 1.29 is 9.32 Å². The lowest BCUT2D eigenvalue weighted by atomic mass is 10.1. The van der Waals surface area contributed by atoms with Crippen molar-refractivity contribution in [3.63, 3.8) is 0 Å². The summed E-state index contributed by atoms with van der Waals surface area (Å²) >= 11 is 0. The van der Waals surface area contributed by atoms with Crippen LogP contribution in [0, 0.1) is 13.8 Å². The van der Waals surface area contributed by atoms with Crippen molar-refractivity contribution in [3.05, 3.63) is 35.2 Å². The van der Waals surface area contributed by atoms with Crippen LogP contribution in [-0.4, -0.2) is 63.1 Å². The summed E-state index contributed by atoms with van der Waals surface area (Å²) in [5.41, 5.74) is 1.74. The van der Waals surface area contributed by atoms with Gasteiger partial charge in [0.25, 0.3) is 0 Å². The number of aryl methyl sites for hydroxylation is 2. The van der Waals surface area contributed by atoms with Gasteiger partial charge in [0.1, 0.15) is 11.6 Å². The molecule has 2 aromatic rings. The van der Waals surface area contributed by atoms with E-state index >= 15 is 0 Å². The van der Waals surface area contributed by atoms with Crippen LogP contribution in [0.2, 0.25) is 0 Å². The average molecular weight is 359 g/mol. The van der Waals surface area contributed by atoms with E-state index in [1.54, 1.807) is 0 Å². The number of imidazole rings is 1. The average Bonchev–Trinajstić information content (AvgIpc) is 3.22. The van der Waals surface area contributed by atoms with Crippen molar-refractivity contribution in [3.8, 4) is 0 Å². The lowest BCUT2D eigenvalue weighted by Gasteiger charge is -2.35. The number of aromatic nitrogens is 3. The second-order valence-electron chi connectivity index (χ2n) is 7.34. The fourth-order valence-electron chi connectivity index (χ4n) is 3.50. The Labute approximate surface area is 155 Å². The molecule has 3 heterocycles. The molecule has 0 atom stereocenters. The van der Waals surface area contributed by atoms with E-state index in [0.717, 1.165) is 62.1 Å². The molecular weight excluding hydrogens is 330 g/mol. The topological polar surface area (TPSA) is 67.4 Å². The van der Waals surface area contributed by atoms with E-state index in [4.69, 9.17) is 4.52 Å². The normalized spacial score (nSPS) is 15.8. The molecule has 1 aliphatic heterocycles. The second kappa shape index (κ2) is 8.03. The molecule has 7 heteroatoms. The first-order chi connectivity index (χ1) is 12.5. The monoisotopic (exact) mass is 359 g/mol. The first kappa shape index (κ1) is 18.6. The fraction of sp³-hybridized carbons (Fsp3) is 0.632. The quantitative estimate of drug-likeness (QED) is 0.789. The Morgan fingerprint density at radius 1 is 1.19 bits per heavy atom. The SMILES string of the molecule is Cc1noc(C)c1CC(=O)N1CCN(CCn2ccnc2C(C)C)CC1. The van der Waals surface area contributed by atoms with Crippen LogP contribution in [-0.2, 0) is 17.8 Å². The molecule has 142 valence electrons. The Morgan fingerprint density at radius 3 is 2.54 bits per heavy atom. The third kappa shape index (κ3) is 4.15. The molecular formula is C19H29N5O2. The number of carbonyl (C=O) groups excluding carboxylic acids is 1. The van der Waals surface area contributed by atoms with Crippen LogP contribution in [0.4, 0.5) is 0 Å². The molecule has 0 bridgehead atoms. The molecule has 0 saturated carbocycles.